The summed E-state index contributed by atoms with van der Waals surface area (Å²) < 4.78 is 15.7. The average molecular weight is 350 g/mol. The van der Waals surface area contributed by atoms with Crippen LogP contribution in [-0.4, -0.2) is 84.7 Å². The third-order valence-electron chi connectivity index (χ3n) is 4.17. The van der Waals surface area contributed by atoms with E-state index in [1.165, 1.54) is 5.69 Å². The second kappa shape index (κ2) is 10.8. The fourth-order valence-corrected chi connectivity index (χ4v) is 2.80. The molecule has 1 fully saturated rings. The lowest BCUT2D eigenvalue weighted by atomic mass is 10.2. The molecule has 1 aromatic carbocycles. The highest BCUT2D eigenvalue weighted by atomic mass is 16.5. The lowest BCUT2D eigenvalue weighted by Gasteiger charge is -2.37. The molecule has 0 spiro atoms. The Morgan fingerprint density at radius 1 is 1.12 bits per heavy atom. The van der Waals surface area contributed by atoms with Crippen LogP contribution in [0.3, 0.4) is 0 Å². The summed E-state index contributed by atoms with van der Waals surface area (Å²) in [5.41, 5.74) is 1.20. The Balaban J connectivity index is 1.75. The highest BCUT2D eigenvalue weighted by molar-refractivity contribution is 5.80. The topological polar surface area (TPSA) is 58.6 Å². The molecule has 1 heterocycles. The first-order valence-corrected chi connectivity index (χ1v) is 8.69. The summed E-state index contributed by atoms with van der Waals surface area (Å²) in [5.74, 6) is 1.83. The molecule has 1 aromatic rings. The highest BCUT2D eigenvalue weighted by Crippen LogP contribution is 2.22. The number of nitrogens with one attached hydrogen (secondary N) is 1. The monoisotopic (exact) mass is 350 g/mol. The number of ether oxygens (including phenoxy) is 3. The number of nitrogens with zero attached hydrogens (tertiary/aromatic N) is 3. The van der Waals surface area contributed by atoms with Crippen molar-refractivity contribution in [3.63, 3.8) is 0 Å². The Kier molecular flexibility index (Phi) is 8.34. The zero-order valence-electron chi connectivity index (χ0n) is 15.5. The third-order valence-corrected chi connectivity index (χ3v) is 4.17. The van der Waals surface area contributed by atoms with E-state index in [4.69, 9.17) is 14.2 Å². The number of anilines is 1. The van der Waals surface area contributed by atoms with E-state index in [1.54, 1.807) is 14.2 Å². The van der Waals surface area contributed by atoms with Crippen molar-refractivity contribution in [2.75, 3.05) is 78.7 Å². The molecule has 7 nitrogen and oxygen atoms in total. The quantitative estimate of drug-likeness (QED) is 0.430. The predicted molar refractivity (Wildman–Crippen MR) is 101 cm³/mol. The third kappa shape index (κ3) is 6.10. The molecule has 25 heavy (non-hydrogen) atoms. The average Bonchev–Trinajstić information content (AvgIpc) is 2.68. The van der Waals surface area contributed by atoms with Crippen LogP contribution in [0, 0.1) is 0 Å². The molecular formula is C18H30N4O3. The van der Waals surface area contributed by atoms with Crippen molar-refractivity contribution in [2.24, 2.45) is 4.99 Å². The molecule has 0 radical (unpaired) electrons. The van der Waals surface area contributed by atoms with E-state index in [9.17, 15) is 0 Å². The van der Waals surface area contributed by atoms with Crippen LogP contribution < -0.4 is 15.0 Å². The number of benzene rings is 1. The van der Waals surface area contributed by atoms with Crippen molar-refractivity contribution >= 4 is 11.6 Å². The maximum Gasteiger partial charge on any atom is 0.193 e. The number of hydrogen-bond donors (Lipinski definition) is 1. The maximum absolute atomic E-state index is 5.47. The Labute approximate surface area is 150 Å². The van der Waals surface area contributed by atoms with Gasteiger partial charge >= 0.3 is 0 Å². The summed E-state index contributed by atoms with van der Waals surface area (Å²) in [6.07, 6.45) is 0. The number of hydrogen-bond acceptors (Lipinski definition) is 5. The number of piperazine rings is 1. The minimum absolute atomic E-state index is 0.621. The van der Waals surface area contributed by atoms with Crippen molar-refractivity contribution in [1.82, 2.24) is 10.2 Å². The Morgan fingerprint density at radius 2 is 1.92 bits per heavy atom. The standard InChI is InChI=1S/C18H30N4O3/c1-19-18(20-7-12-25-14-13-23-2)22-10-8-21(9-11-22)16-5-4-6-17(15-16)24-3/h4-6,15H,7-14H2,1-3H3,(H,19,20). The minimum atomic E-state index is 0.621. The van der Waals surface area contributed by atoms with Gasteiger partial charge in [0.2, 0.25) is 0 Å². The van der Waals surface area contributed by atoms with Gasteiger partial charge in [0, 0.05) is 58.6 Å². The lowest BCUT2D eigenvalue weighted by Crippen LogP contribution is -2.53. The van der Waals surface area contributed by atoms with Crippen LogP contribution >= 0.6 is 0 Å². The smallest absolute Gasteiger partial charge is 0.193 e. The van der Waals surface area contributed by atoms with Gasteiger partial charge in [-0.3, -0.25) is 4.99 Å². The second-order valence-electron chi connectivity index (χ2n) is 5.75. The zero-order chi connectivity index (χ0) is 17.9. The molecule has 0 bridgehead atoms. The maximum atomic E-state index is 5.47. The van der Waals surface area contributed by atoms with E-state index in [0.29, 0.717) is 19.8 Å². The van der Waals surface area contributed by atoms with Crippen molar-refractivity contribution in [2.45, 2.75) is 0 Å². The number of aliphatic imine (C=N–C) groups is 1. The molecule has 1 aliphatic rings. The first kappa shape index (κ1) is 19.3. The van der Waals surface area contributed by atoms with Crippen LogP contribution in [0.1, 0.15) is 0 Å². The Bertz CT molecular complexity index is 531. The summed E-state index contributed by atoms with van der Waals surface area (Å²) >= 11 is 0. The molecule has 1 saturated heterocycles. The molecule has 0 aliphatic carbocycles. The molecule has 1 N–H and O–H groups in total. The fourth-order valence-electron chi connectivity index (χ4n) is 2.80. The molecule has 0 atom stereocenters. The van der Waals surface area contributed by atoms with Gasteiger partial charge in [0.1, 0.15) is 5.75 Å². The first-order valence-electron chi connectivity index (χ1n) is 8.69. The van der Waals surface area contributed by atoms with Crippen molar-refractivity contribution in [3.8, 4) is 5.75 Å². The van der Waals surface area contributed by atoms with Gasteiger partial charge in [-0.05, 0) is 12.1 Å². The van der Waals surface area contributed by atoms with E-state index in [-0.39, 0.29) is 0 Å². The van der Waals surface area contributed by atoms with Gasteiger partial charge in [-0.2, -0.15) is 0 Å². The van der Waals surface area contributed by atoms with E-state index in [0.717, 1.165) is 44.4 Å². The van der Waals surface area contributed by atoms with Gasteiger partial charge in [-0.1, -0.05) is 6.07 Å². The van der Waals surface area contributed by atoms with Crippen LogP contribution in [-0.2, 0) is 9.47 Å². The van der Waals surface area contributed by atoms with Crippen LogP contribution in [0.2, 0.25) is 0 Å². The molecule has 0 saturated carbocycles. The van der Waals surface area contributed by atoms with Gasteiger partial charge in [0.15, 0.2) is 5.96 Å². The summed E-state index contributed by atoms with van der Waals surface area (Å²) in [6, 6.07) is 8.22. The minimum Gasteiger partial charge on any atom is -0.497 e. The SMILES string of the molecule is CN=C(NCCOCCOC)N1CCN(c2cccc(OC)c2)CC1. The van der Waals surface area contributed by atoms with Crippen molar-refractivity contribution < 1.29 is 14.2 Å². The van der Waals surface area contributed by atoms with Crippen LogP contribution in [0.25, 0.3) is 0 Å². The molecule has 1 aliphatic heterocycles. The van der Waals surface area contributed by atoms with Crippen molar-refractivity contribution in [3.05, 3.63) is 24.3 Å². The zero-order valence-corrected chi connectivity index (χ0v) is 15.5. The van der Waals surface area contributed by atoms with Crippen LogP contribution in [0.15, 0.2) is 29.3 Å². The van der Waals surface area contributed by atoms with E-state index in [1.807, 2.05) is 19.2 Å². The van der Waals surface area contributed by atoms with E-state index >= 15 is 0 Å². The lowest BCUT2D eigenvalue weighted by molar-refractivity contribution is 0.0731. The van der Waals surface area contributed by atoms with Gasteiger partial charge < -0.3 is 29.3 Å². The van der Waals surface area contributed by atoms with E-state index < -0.39 is 0 Å². The number of methoxy groups -OCH3 is 2. The molecule has 2 rings (SSSR count). The number of guanidine groups is 1. The molecule has 0 unspecified atom stereocenters. The summed E-state index contributed by atoms with van der Waals surface area (Å²) in [6.45, 7) is 6.41. The fraction of sp³-hybridized carbons (Fsp3) is 0.611. The second-order valence-corrected chi connectivity index (χ2v) is 5.75. The molecular weight excluding hydrogens is 320 g/mol. The van der Waals surface area contributed by atoms with Gasteiger partial charge in [0.25, 0.3) is 0 Å². The summed E-state index contributed by atoms with van der Waals surface area (Å²) in [4.78, 5) is 9.04. The van der Waals surface area contributed by atoms with E-state index in [2.05, 4.69) is 32.2 Å². The Hall–Kier alpha value is -1.99. The molecule has 0 aromatic heterocycles. The van der Waals surface area contributed by atoms with Crippen LogP contribution in [0.5, 0.6) is 5.75 Å². The van der Waals surface area contributed by atoms with Gasteiger partial charge in [0.05, 0.1) is 26.9 Å². The predicted octanol–water partition coefficient (Wildman–Crippen LogP) is 1.06. The first-order chi connectivity index (χ1) is 12.3. The van der Waals surface area contributed by atoms with Gasteiger partial charge in [-0.25, -0.2) is 0 Å². The number of rotatable bonds is 8. The molecule has 140 valence electrons. The molecule has 7 heteroatoms. The normalized spacial score (nSPS) is 15.4. The van der Waals surface area contributed by atoms with Crippen molar-refractivity contribution in [1.29, 1.82) is 0 Å². The molecule has 0 amide bonds. The highest BCUT2D eigenvalue weighted by Gasteiger charge is 2.19. The largest absolute Gasteiger partial charge is 0.497 e. The van der Waals surface area contributed by atoms with Crippen LogP contribution in [0.4, 0.5) is 5.69 Å². The van der Waals surface area contributed by atoms with Gasteiger partial charge in [-0.15, -0.1) is 0 Å². The Morgan fingerprint density at radius 3 is 2.60 bits per heavy atom. The summed E-state index contributed by atoms with van der Waals surface area (Å²) in [7, 11) is 5.20. The summed E-state index contributed by atoms with van der Waals surface area (Å²) in [5, 5.41) is 3.36.